The molecule has 0 aliphatic carbocycles. The van der Waals surface area contributed by atoms with Gasteiger partial charge < -0.3 is 9.84 Å². The SMILES string of the molecule is Cc1cc(NC(=O)NC(c2cccs2)c2cccs2)on1. The van der Waals surface area contributed by atoms with Crippen LogP contribution < -0.4 is 10.6 Å². The van der Waals surface area contributed by atoms with E-state index in [1.165, 1.54) is 0 Å². The standard InChI is InChI=1S/C14H13N3O2S2/c1-9-8-12(19-17-9)15-14(18)16-13(10-4-2-6-20-10)11-5-3-7-21-11/h2-8,13H,1H3,(H2,15,16,18). The molecule has 108 valence electrons. The first-order valence-electron chi connectivity index (χ1n) is 6.30. The highest BCUT2D eigenvalue weighted by Crippen LogP contribution is 2.29. The molecule has 3 aromatic rings. The molecule has 7 heteroatoms. The predicted octanol–water partition coefficient (Wildman–Crippen LogP) is 4.02. The number of aryl methyl sites for hydroxylation is 1. The van der Waals surface area contributed by atoms with Crippen LogP contribution in [0, 0.1) is 6.92 Å². The van der Waals surface area contributed by atoms with E-state index in [1.807, 2.05) is 35.0 Å². The molecule has 3 aromatic heterocycles. The lowest BCUT2D eigenvalue weighted by atomic mass is 10.2. The molecule has 5 nitrogen and oxygen atoms in total. The van der Waals surface area contributed by atoms with Crippen molar-refractivity contribution < 1.29 is 9.32 Å². The number of hydrogen-bond donors (Lipinski definition) is 2. The largest absolute Gasteiger partial charge is 0.338 e. The zero-order valence-corrected chi connectivity index (χ0v) is 12.8. The summed E-state index contributed by atoms with van der Waals surface area (Å²) >= 11 is 3.22. The van der Waals surface area contributed by atoms with Gasteiger partial charge >= 0.3 is 6.03 Å². The molecule has 3 rings (SSSR count). The number of rotatable bonds is 4. The van der Waals surface area contributed by atoms with Gasteiger partial charge in [0, 0.05) is 15.8 Å². The van der Waals surface area contributed by atoms with Gasteiger partial charge in [-0.15, -0.1) is 22.7 Å². The molecule has 0 aromatic carbocycles. The van der Waals surface area contributed by atoms with E-state index in [0.717, 1.165) is 15.4 Å². The zero-order chi connectivity index (χ0) is 14.7. The maximum atomic E-state index is 12.1. The van der Waals surface area contributed by atoms with E-state index in [0.29, 0.717) is 5.88 Å². The minimum absolute atomic E-state index is 0.158. The summed E-state index contributed by atoms with van der Waals surface area (Å²) < 4.78 is 4.98. The fraction of sp³-hybridized carbons (Fsp3) is 0.143. The van der Waals surface area contributed by atoms with Crippen molar-refractivity contribution in [2.75, 3.05) is 5.32 Å². The Kier molecular flexibility index (Phi) is 4.03. The monoisotopic (exact) mass is 319 g/mol. The molecule has 0 radical (unpaired) electrons. The maximum Gasteiger partial charge on any atom is 0.322 e. The Morgan fingerprint density at radius 3 is 2.38 bits per heavy atom. The van der Waals surface area contributed by atoms with E-state index < -0.39 is 0 Å². The van der Waals surface area contributed by atoms with E-state index in [1.54, 1.807) is 35.7 Å². The number of thiophene rings is 2. The highest BCUT2D eigenvalue weighted by atomic mass is 32.1. The van der Waals surface area contributed by atoms with Crippen LogP contribution in [0.15, 0.2) is 45.6 Å². The predicted molar refractivity (Wildman–Crippen MR) is 83.9 cm³/mol. The quantitative estimate of drug-likeness (QED) is 0.763. The van der Waals surface area contributed by atoms with Crippen molar-refractivity contribution in [1.82, 2.24) is 10.5 Å². The lowest BCUT2D eigenvalue weighted by molar-refractivity contribution is 0.249. The van der Waals surface area contributed by atoms with E-state index in [4.69, 9.17) is 4.52 Å². The van der Waals surface area contributed by atoms with Crippen LogP contribution in [0.4, 0.5) is 10.7 Å². The number of anilines is 1. The molecule has 3 heterocycles. The van der Waals surface area contributed by atoms with Crippen LogP contribution in [0.1, 0.15) is 21.5 Å². The molecule has 0 fully saturated rings. The van der Waals surface area contributed by atoms with Gasteiger partial charge in [-0.1, -0.05) is 17.3 Å². The first-order valence-corrected chi connectivity index (χ1v) is 8.06. The van der Waals surface area contributed by atoms with Crippen molar-refractivity contribution in [3.8, 4) is 0 Å². The van der Waals surface area contributed by atoms with Crippen molar-refractivity contribution in [2.24, 2.45) is 0 Å². The summed E-state index contributed by atoms with van der Waals surface area (Å²) in [6, 6.07) is 9.15. The molecule has 0 spiro atoms. The fourth-order valence-electron chi connectivity index (χ4n) is 1.90. The van der Waals surface area contributed by atoms with Crippen molar-refractivity contribution in [2.45, 2.75) is 13.0 Å². The van der Waals surface area contributed by atoms with Gasteiger partial charge in [-0.2, -0.15) is 0 Å². The van der Waals surface area contributed by atoms with Crippen LogP contribution in [0.5, 0.6) is 0 Å². The van der Waals surface area contributed by atoms with Crippen molar-refractivity contribution >= 4 is 34.6 Å². The first-order chi connectivity index (χ1) is 10.2. The van der Waals surface area contributed by atoms with Gasteiger partial charge in [-0.25, -0.2) is 4.79 Å². The lowest BCUT2D eigenvalue weighted by Gasteiger charge is -2.15. The van der Waals surface area contributed by atoms with Crippen molar-refractivity contribution in [3.63, 3.8) is 0 Å². The summed E-state index contributed by atoms with van der Waals surface area (Å²) in [6.07, 6.45) is 0. The molecule has 0 saturated carbocycles. The van der Waals surface area contributed by atoms with Crippen molar-refractivity contribution in [1.29, 1.82) is 0 Å². The van der Waals surface area contributed by atoms with Gasteiger partial charge in [-0.3, -0.25) is 5.32 Å². The average molecular weight is 319 g/mol. The Hall–Kier alpha value is -2.12. The Labute approximate surface area is 129 Å². The molecule has 2 amide bonds. The summed E-state index contributed by atoms with van der Waals surface area (Å²) in [7, 11) is 0. The Bertz CT molecular complexity index is 670. The number of carbonyl (C=O) groups excluding carboxylic acids is 1. The summed E-state index contributed by atoms with van der Waals surface area (Å²) in [6.45, 7) is 1.80. The van der Waals surface area contributed by atoms with E-state index >= 15 is 0 Å². The molecule has 0 unspecified atom stereocenters. The number of amides is 2. The third-order valence-corrected chi connectivity index (χ3v) is 4.67. The van der Waals surface area contributed by atoms with Gasteiger partial charge in [0.05, 0.1) is 11.7 Å². The normalized spacial score (nSPS) is 10.8. The van der Waals surface area contributed by atoms with Gasteiger partial charge in [0.25, 0.3) is 0 Å². The third kappa shape index (κ3) is 3.32. The Balaban J connectivity index is 1.74. The minimum Gasteiger partial charge on any atom is -0.338 e. The second kappa shape index (κ2) is 6.11. The van der Waals surface area contributed by atoms with Crippen LogP contribution in [0.25, 0.3) is 0 Å². The Morgan fingerprint density at radius 1 is 1.24 bits per heavy atom. The molecule has 2 N–H and O–H groups in total. The molecule has 0 aliphatic rings. The van der Waals surface area contributed by atoms with Crippen LogP contribution in [-0.4, -0.2) is 11.2 Å². The number of urea groups is 1. The van der Waals surface area contributed by atoms with Crippen molar-refractivity contribution in [3.05, 3.63) is 56.5 Å². The third-order valence-electron chi connectivity index (χ3n) is 2.80. The van der Waals surface area contributed by atoms with Crippen LogP contribution in [0.3, 0.4) is 0 Å². The highest BCUT2D eigenvalue weighted by molar-refractivity contribution is 7.11. The molecule has 21 heavy (non-hydrogen) atoms. The molecular formula is C14H13N3O2S2. The second-order valence-electron chi connectivity index (χ2n) is 4.39. The number of nitrogens with zero attached hydrogens (tertiary/aromatic N) is 1. The van der Waals surface area contributed by atoms with Crippen LogP contribution in [-0.2, 0) is 0 Å². The Morgan fingerprint density at radius 2 is 1.90 bits per heavy atom. The average Bonchev–Trinajstić information content (AvgIpc) is 3.19. The smallest absolute Gasteiger partial charge is 0.322 e. The minimum atomic E-state index is -0.321. The van der Waals surface area contributed by atoms with E-state index in [9.17, 15) is 4.79 Å². The molecule has 0 bridgehead atoms. The maximum absolute atomic E-state index is 12.1. The number of aromatic nitrogens is 1. The summed E-state index contributed by atoms with van der Waals surface area (Å²) in [4.78, 5) is 14.3. The molecule has 0 atom stereocenters. The number of hydrogen-bond acceptors (Lipinski definition) is 5. The van der Waals surface area contributed by atoms with Gasteiger partial charge in [0.2, 0.25) is 5.88 Å². The van der Waals surface area contributed by atoms with Gasteiger partial charge in [0.1, 0.15) is 0 Å². The topological polar surface area (TPSA) is 67.2 Å². The summed E-state index contributed by atoms with van der Waals surface area (Å²) in [5.74, 6) is 0.334. The first kappa shape index (κ1) is 13.8. The summed E-state index contributed by atoms with van der Waals surface area (Å²) in [5, 5.41) is 13.3. The zero-order valence-electron chi connectivity index (χ0n) is 11.2. The molecular weight excluding hydrogens is 306 g/mol. The van der Waals surface area contributed by atoms with Crippen LogP contribution in [0.2, 0.25) is 0 Å². The highest BCUT2D eigenvalue weighted by Gasteiger charge is 2.19. The van der Waals surface area contributed by atoms with E-state index in [-0.39, 0.29) is 12.1 Å². The number of nitrogens with one attached hydrogen (secondary N) is 2. The number of carbonyl (C=O) groups is 1. The second-order valence-corrected chi connectivity index (χ2v) is 6.35. The molecule has 0 saturated heterocycles. The summed E-state index contributed by atoms with van der Waals surface area (Å²) in [5.41, 5.74) is 0.721. The lowest BCUT2D eigenvalue weighted by Crippen LogP contribution is -2.32. The van der Waals surface area contributed by atoms with Crippen LogP contribution >= 0.6 is 22.7 Å². The molecule has 0 aliphatic heterocycles. The van der Waals surface area contributed by atoms with Gasteiger partial charge in [0.15, 0.2) is 0 Å². The fourth-order valence-corrected chi connectivity index (χ4v) is 3.56. The van der Waals surface area contributed by atoms with Gasteiger partial charge in [-0.05, 0) is 29.8 Å². The van der Waals surface area contributed by atoms with E-state index in [2.05, 4.69) is 15.8 Å².